The molecule has 1 aliphatic heterocycles. The molecule has 1 N–H and O–H groups in total. The number of carbonyl (C=O) groups is 1. The zero-order chi connectivity index (χ0) is 18.0. The summed E-state index contributed by atoms with van der Waals surface area (Å²) in [6.07, 6.45) is 0.640. The van der Waals surface area contributed by atoms with Gasteiger partial charge in [-0.1, -0.05) is 18.1 Å². The Morgan fingerprint density at radius 1 is 1.24 bits per heavy atom. The highest BCUT2D eigenvalue weighted by Crippen LogP contribution is 2.21. The molecule has 1 aliphatic rings. The summed E-state index contributed by atoms with van der Waals surface area (Å²) < 4.78 is 32.3. The van der Waals surface area contributed by atoms with Gasteiger partial charge in [-0.25, -0.2) is 13.2 Å². The standard InChI is InChI=1S/C15H18N4O5S/c1-2-13-16-17-15(24-13)18-6-8-19(9-7-18)25(22,23)12-5-3-4-11(10-12)14(20)21/h3-5,10H,2,6-9H2,1H3,(H,20,21). The lowest BCUT2D eigenvalue weighted by Crippen LogP contribution is -2.48. The normalized spacial score (nSPS) is 16.1. The average molecular weight is 366 g/mol. The Morgan fingerprint density at radius 3 is 2.56 bits per heavy atom. The molecule has 0 atom stereocenters. The Kier molecular flexibility index (Phi) is 4.73. The quantitative estimate of drug-likeness (QED) is 0.827. The molecule has 1 aromatic carbocycles. The van der Waals surface area contributed by atoms with Gasteiger partial charge < -0.3 is 14.4 Å². The minimum absolute atomic E-state index is 0.0214. The molecule has 2 heterocycles. The second-order valence-electron chi connectivity index (χ2n) is 5.56. The second-order valence-corrected chi connectivity index (χ2v) is 7.49. The van der Waals surface area contributed by atoms with Crippen LogP contribution in [0.1, 0.15) is 23.2 Å². The van der Waals surface area contributed by atoms with Crippen LogP contribution in [0.4, 0.5) is 6.01 Å². The van der Waals surface area contributed by atoms with E-state index < -0.39 is 16.0 Å². The number of benzene rings is 1. The number of sulfonamides is 1. The molecule has 1 aromatic heterocycles. The number of aromatic nitrogens is 2. The first kappa shape index (κ1) is 17.4. The highest BCUT2D eigenvalue weighted by atomic mass is 32.2. The van der Waals surface area contributed by atoms with E-state index in [1.165, 1.54) is 28.6 Å². The molecular formula is C15H18N4O5S. The summed E-state index contributed by atoms with van der Waals surface area (Å²) in [6, 6.07) is 5.76. The zero-order valence-corrected chi connectivity index (χ0v) is 14.4. The van der Waals surface area contributed by atoms with Gasteiger partial charge in [0.1, 0.15) is 0 Å². The Morgan fingerprint density at radius 2 is 1.96 bits per heavy atom. The van der Waals surface area contributed by atoms with Crippen molar-refractivity contribution in [1.82, 2.24) is 14.5 Å². The van der Waals surface area contributed by atoms with E-state index in [9.17, 15) is 13.2 Å². The number of nitrogens with zero attached hydrogens (tertiary/aromatic N) is 4. The smallest absolute Gasteiger partial charge is 0.335 e. The number of piperazine rings is 1. The lowest BCUT2D eigenvalue weighted by atomic mass is 10.2. The predicted molar refractivity (Wildman–Crippen MR) is 88.0 cm³/mol. The highest BCUT2D eigenvalue weighted by Gasteiger charge is 2.30. The maximum atomic E-state index is 12.7. The Balaban J connectivity index is 1.73. The van der Waals surface area contributed by atoms with Gasteiger partial charge in [0.05, 0.1) is 10.5 Å². The van der Waals surface area contributed by atoms with Gasteiger partial charge in [0.2, 0.25) is 15.9 Å². The summed E-state index contributed by atoms with van der Waals surface area (Å²) in [5, 5.41) is 16.9. The van der Waals surface area contributed by atoms with Gasteiger partial charge in [-0.05, 0) is 18.2 Å². The van der Waals surface area contributed by atoms with Gasteiger partial charge in [-0.15, -0.1) is 5.10 Å². The Bertz CT molecular complexity index is 872. The van der Waals surface area contributed by atoms with Crippen molar-refractivity contribution in [3.63, 3.8) is 0 Å². The van der Waals surface area contributed by atoms with Gasteiger partial charge in [-0.3, -0.25) is 0 Å². The van der Waals surface area contributed by atoms with Crippen molar-refractivity contribution >= 4 is 22.0 Å². The maximum absolute atomic E-state index is 12.7. The van der Waals surface area contributed by atoms with Gasteiger partial charge in [0.25, 0.3) is 0 Å². The molecule has 0 amide bonds. The lowest BCUT2D eigenvalue weighted by molar-refractivity contribution is 0.0696. The fourth-order valence-electron chi connectivity index (χ4n) is 2.57. The number of hydrogen-bond donors (Lipinski definition) is 1. The number of anilines is 1. The van der Waals surface area contributed by atoms with Crippen LogP contribution in [0.5, 0.6) is 0 Å². The molecule has 1 saturated heterocycles. The van der Waals surface area contributed by atoms with Crippen LogP contribution in [-0.2, 0) is 16.4 Å². The summed E-state index contributed by atoms with van der Waals surface area (Å²) in [7, 11) is -3.75. The Hall–Kier alpha value is -2.46. The molecule has 0 spiro atoms. The van der Waals surface area contributed by atoms with Crippen molar-refractivity contribution in [2.24, 2.45) is 0 Å². The van der Waals surface area contributed by atoms with E-state index in [2.05, 4.69) is 10.2 Å². The molecule has 0 unspecified atom stereocenters. The fourth-order valence-corrected chi connectivity index (χ4v) is 4.04. The van der Waals surface area contributed by atoms with Gasteiger partial charge in [0.15, 0.2) is 0 Å². The molecule has 0 saturated carbocycles. The molecular weight excluding hydrogens is 348 g/mol. The largest absolute Gasteiger partial charge is 0.478 e. The highest BCUT2D eigenvalue weighted by molar-refractivity contribution is 7.89. The summed E-state index contributed by atoms with van der Waals surface area (Å²) in [4.78, 5) is 12.9. The monoisotopic (exact) mass is 366 g/mol. The minimum atomic E-state index is -3.75. The summed E-state index contributed by atoms with van der Waals surface area (Å²) in [6.45, 7) is 3.26. The maximum Gasteiger partial charge on any atom is 0.335 e. The number of aryl methyl sites for hydroxylation is 1. The summed E-state index contributed by atoms with van der Waals surface area (Å²) in [5.74, 6) is -0.625. The van der Waals surface area contributed by atoms with E-state index >= 15 is 0 Å². The number of carboxylic acids is 1. The van der Waals surface area contributed by atoms with E-state index in [1.807, 2.05) is 11.8 Å². The van der Waals surface area contributed by atoms with E-state index in [-0.39, 0.29) is 23.5 Å². The van der Waals surface area contributed by atoms with Crippen LogP contribution in [0.3, 0.4) is 0 Å². The van der Waals surface area contributed by atoms with Gasteiger partial charge >= 0.3 is 12.0 Å². The third-order valence-electron chi connectivity index (χ3n) is 3.99. The molecule has 134 valence electrons. The van der Waals surface area contributed by atoms with Gasteiger partial charge in [0, 0.05) is 32.6 Å². The first-order valence-corrected chi connectivity index (χ1v) is 9.26. The molecule has 0 radical (unpaired) electrons. The van der Waals surface area contributed by atoms with Crippen LogP contribution >= 0.6 is 0 Å². The van der Waals surface area contributed by atoms with Crippen LogP contribution < -0.4 is 4.90 Å². The van der Waals surface area contributed by atoms with Crippen molar-refractivity contribution < 1.29 is 22.7 Å². The topological polar surface area (TPSA) is 117 Å². The Labute approximate surface area is 144 Å². The molecule has 25 heavy (non-hydrogen) atoms. The number of hydrogen-bond acceptors (Lipinski definition) is 7. The van der Waals surface area contributed by atoms with Crippen molar-refractivity contribution in [3.8, 4) is 0 Å². The SMILES string of the molecule is CCc1nnc(N2CCN(S(=O)(=O)c3cccc(C(=O)O)c3)CC2)o1. The van der Waals surface area contributed by atoms with E-state index in [0.717, 1.165) is 0 Å². The fraction of sp³-hybridized carbons (Fsp3) is 0.400. The van der Waals surface area contributed by atoms with Gasteiger partial charge in [-0.2, -0.15) is 4.31 Å². The zero-order valence-electron chi connectivity index (χ0n) is 13.6. The molecule has 3 rings (SSSR count). The molecule has 0 bridgehead atoms. The van der Waals surface area contributed by atoms with Crippen LogP contribution in [0.2, 0.25) is 0 Å². The van der Waals surface area contributed by atoms with E-state index in [4.69, 9.17) is 9.52 Å². The molecule has 9 nitrogen and oxygen atoms in total. The third kappa shape index (κ3) is 3.49. The second kappa shape index (κ2) is 6.81. The third-order valence-corrected chi connectivity index (χ3v) is 5.88. The molecule has 1 fully saturated rings. The molecule has 10 heteroatoms. The number of carboxylic acid groups (broad SMARTS) is 1. The number of aromatic carboxylic acids is 1. The predicted octanol–water partition coefficient (Wildman–Crippen LogP) is 0.841. The van der Waals surface area contributed by atoms with Crippen LogP contribution in [0, 0.1) is 0 Å². The lowest BCUT2D eigenvalue weighted by Gasteiger charge is -2.32. The minimum Gasteiger partial charge on any atom is -0.478 e. The summed E-state index contributed by atoms with van der Waals surface area (Å²) >= 11 is 0. The molecule has 0 aliphatic carbocycles. The first-order chi connectivity index (χ1) is 11.9. The van der Waals surface area contributed by atoms with Crippen molar-refractivity contribution in [2.75, 3.05) is 31.1 Å². The van der Waals surface area contributed by atoms with Crippen LogP contribution in [-0.4, -0.2) is 60.2 Å². The van der Waals surface area contributed by atoms with Crippen molar-refractivity contribution in [1.29, 1.82) is 0 Å². The van der Waals surface area contributed by atoms with E-state index in [0.29, 0.717) is 31.4 Å². The average Bonchev–Trinajstić information content (AvgIpc) is 3.11. The van der Waals surface area contributed by atoms with Crippen molar-refractivity contribution in [3.05, 3.63) is 35.7 Å². The number of rotatable bonds is 5. The van der Waals surface area contributed by atoms with Crippen molar-refractivity contribution in [2.45, 2.75) is 18.2 Å². The molecule has 2 aromatic rings. The first-order valence-electron chi connectivity index (χ1n) is 7.82. The summed E-state index contributed by atoms with van der Waals surface area (Å²) in [5.41, 5.74) is -0.0577. The van der Waals surface area contributed by atoms with Crippen LogP contribution in [0.15, 0.2) is 33.6 Å². The van der Waals surface area contributed by atoms with Crippen LogP contribution in [0.25, 0.3) is 0 Å². The van der Waals surface area contributed by atoms with E-state index in [1.54, 1.807) is 0 Å².